The normalized spacial score (nSPS) is 10.6. The average molecular weight is 191 g/mol. The molecule has 0 atom stereocenters. The predicted molar refractivity (Wildman–Crippen MR) is 49.1 cm³/mol. The van der Waals surface area contributed by atoms with E-state index in [2.05, 4.69) is 9.97 Å². The van der Waals surface area contributed by atoms with E-state index in [4.69, 9.17) is 5.11 Å². The van der Waals surface area contributed by atoms with Gasteiger partial charge in [0.15, 0.2) is 0 Å². The summed E-state index contributed by atoms with van der Waals surface area (Å²) in [7, 11) is 0. The van der Waals surface area contributed by atoms with Crippen molar-refractivity contribution in [3.05, 3.63) is 29.8 Å². The van der Waals surface area contributed by atoms with Crippen LogP contribution in [0.2, 0.25) is 0 Å². The first-order chi connectivity index (χ1) is 6.65. The van der Waals surface area contributed by atoms with Gasteiger partial charge in [0.1, 0.15) is 0 Å². The fourth-order valence-electron chi connectivity index (χ4n) is 1.28. The summed E-state index contributed by atoms with van der Waals surface area (Å²) in [6, 6.07) is 0. The van der Waals surface area contributed by atoms with Crippen LogP contribution in [0.1, 0.15) is 11.3 Å². The van der Waals surface area contributed by atoms with Crippen LogP contribution in [0.4, 0.5) is 0 Å². The zero-order valence-corrected chi connectivity index (χ0v) is 7.64. The SMILES string of the molecule is Cc1cnc2nc(CC(=O)O)cn2c1. The molecule has 0 saturated carbocycles. The Bertz CT molecular complexity index is 490. The topological polar surface area (TPSA) is 67.5 Å². The highest BCUT2D eigenvalue weighted by molar-refractivity contribution is 5.69. The molecule has 2 rings (SSSR count). The van der Waals surface area contributed by atoms with Gasteiger partial charge in [-0.05, 0) is 12.5 Å². The third kappa shape index (κ3) is 1.56. The van der Waals surface area contributed by atoms with Crippen LogP contribution in [0, 0.1) is 6.92 Å². The Hall–Kier alpha value is -1.91. The molecular weight excluding hydrogens is 182 g/mol. The van der Waals surface area contributed by atoms with E-state index in [0.29, 0.717) is 11.5 Å². The van der Waals surface area contributed by atoms with E-state index in [0.717, 1.165) is 5.56 Å². The Kier molecular flexibility index (Phi) is 1.92. The summed E-state index contributed by atoms with van der Waals surface area (Å²) in [5.74, 6) is -0.350. The molecular formula is C9H9N3O2. The number of carboxylic acids is 1. The molecule has 0 amide bonds. The summed E-state index contributed by atoms with van der Waals surface area (Å²) in [5, 5.41) is 8.58. The first kappa shape index (κ1) is 8.68. The van der Waals surface area contributed by atoms with Crippen molar-refractivity contribution < 1.29 is 9.90 Å². The van der Waals surface area contributed by atoms with Crippen LogP contribution < -0.4 is 0 Å². The minimum absolute atomic E-state index is 0.0671. The summed E-state index contributed by atoms with van der Waals surface area (Å²) in [6.45, 7) is 1.92. The number of aryl methyl sites for hydroxylation is 1. The molecule has 1 N–H and O–H groups in total. The van der Waals surface area contributed by atoms with Crippen LogP contribution >= 0.6 is 0 Å². The highest BCUT2D eigenvalue weighted by Gasteiger charge is 2.06. The van der Waals surface area contributed by atoms with Crippen molar-refractivity contribution in [1.82, 2.24) is 14.4 Å². The summed E-state index contributed by atoms with van der Waals surface area (Å²) in [5.41, 5.74) is 1.53. The summed E-state index contributed by atoms with van der Waals surface area (Å²) >= 11 is 0. The monoisotopic (exact) mass is 191 g/mol. The Morgan fingerprint density at radius 1 is 1.57 bits per heavy atom. The van der Waals surface area contributed by atoms with Crippen LogP contribution in [0.15, 0.2) is 18.6 Å². The van der Waals surface area contributed by atoms with Gasteiger partial charge in [0.25, 0.3) is 0 Å². The highest BCUT2D eigenvalue weighted by Crippen LogP contribution is 2.04. The van der Waals surface area contributed by atoms with E-state index in [-0.39, 0.29) is 6.42 Å². The fourth-order valence-corrected chi connectivity index (χ4v) is 1.28. The standard InChI is InChI=1S/C9H9N3O2/c1-6-3-10-9-11-7(2-8(13)14)5-12(9)4-6/h3-5H,2H2,1H3,(H,13,14). The van der Waals surface area contributed by atoms with Crippen molar-refractivity contribution in [2.45, 2.75) is 13.3 Å². The summed E-state index contributed by atoms with van der Waals surface area (Å²) in [6.07, 6.45) is 5.18. The van der Waals surface area contributed by atoms with Crippen molar-refractivity contribution in [1.29, 1.82) is 0 Å². The molecule has 2 heterocycles. The molecule has 0 radical (unpaired) electrons. The molecule has 0 fully saturated rings. The first-order valence-electron chi connectivity index (χ1n) is 4.17. The number of rotatable bonds is 2. The lowest BCUT2D eigenvalue weighted by Gasteiger charge is -1.91. The van der Waals surface area contributed by atoms with Gasteiger partial charge in [-0.1, -0.05) is 0 Å². The van der Waals surface area contributed by atoms with Gasteiger partial charge in [0.2, 0.25) is 5.78 Å². The van der Waals surface area contributed by atoms with Gasteiger partial charge in [0.05, 0.1) is 12.1 Å². The maximum absolute atomic E-state index is 10.4. The number of hydrogen-bond acceptors (Lipinski definition) is 3. The van der Waals surface area contributed by atoms with E-state index in [1.807, 2.05) is 13.1 Å². The maximum Gasteiger partial charge on any atom is 0.309 e. The molecule has 0 spiro atoms. The minimum atomic E-state index is -0.884. The first-order valence-corrected chi connectivity index (χ1v) is 4.17. The Morgan fingerprint density at radius 2 is 2.36 bits per heavy atom. The van der Waals surface area contributed by atoms with Crippen molar-refractivity contribution in [3.8, 4) is 0 Å². The lowest BCUT2D eigenvalue weighted by Crippen LogP contribution is -1.99. The largest absolute Gasteiger partial charge is 0.481 e. The van der Waals surface area contributed by atoms with Gasteiger partial charge >= 0.3 is 5.97 Å². The quantitative estimate of drug-likeness (QED) is 0.757. The Morgan fingerprint density at radius 3 is 3.07 bits per heavy atom. The number of carbonyl (C=O) groups is 1. The minimum Gasteiger partial charge on any atom is -0.481 e. The van der Waals surface area contributed by atoms with Crippen molar-refractivity contribution in [2.24, 2.45) is 0 Å². The van der Waals surface area contributed by atoms with Gasteiger partial charge in [-0.25, -0.2) is 9.97 Å². The average Bonchev–Trinajstić information content (AvgIpc) is 2.44. The third-order valence-electron chi connectivity index (χ3n) is 1.82. The summed E-state index contributed by atoms with van der Waals surface area (Å²) < 4.78 is 1.73. The van der Waals surface area contributed by atoms with E-state index in [9.17, 15) is 4.79 Å². The highest BCUT2D eigenvalue weighted by atomic mass is 16.4. The van der Waals surface area contributed by atoms with Gasteiger partial charge in [0, 0.05) is 18.6 Å². The van der Waals surface area contributed by atoms with Crippen molar-refractivity contribution >= 4 is 11.7 Å². The molecule has 0 aliphatic rings. The van der Waals surface area contributed by atoms with Crippen LogP contribution in [0.3, 0.4) is 0 Å². The third-order valence-corrected chi connectivity index (χ3v) is 1.82. The van der Waals surface area contributed by atoms with E-state index in [1.54, 1.807) is 16.8 Å². The fraction of sp³-hybridized carbons (Fsp3) is 0.222. The molecule has 0 aliphatic carbocycles. The van der Waals surface area contributed by atoms with Crippen molar-refractivity contribution in [2.75, 3.05) is 0 Å². The van der Waals surface area contributed by atoms with Gasteiger partial charge in [-0.3, -0.25) is 9.20 Å². The lowest BCUT2D eigenvalue weighted by molar-refractivity contribution is -0.136. The molecule has 0 aliphatic heterocycles. The smallest absolute Gasteiger partial charge is 0.309 e. The van der Waals surface area contributed by atoms with Gasteiger partial charge in [-0.15, -0.1) is 0 Å². The lowest BCUT2D eigenvalue weighted by atomic mass is 10.3. The maximum atomic E-state index is 10.4. The predicted octanol–water partition coefficient (Wildman–Crippen LogP) is 0.665. The molecule has 0 aromatic carbocycles. The Labute approximate surface area is 80.0 Å². The molecule has 14 heavy (non-hydrogen) atoms. The van der Waals surface area contributed by atoms with E-state index >= 15 is 0 Å². The number of hydrogen-bond donors (Lipinski definition) is 1. The van der Waals surface area contributed by atoms with E-state index < -0.39 is 5.97 Å². The number of aliphatic carboxylic acids is 1. The summed E-state index contributed by atoms with van der Waals surface area (Å²) in [4.78, 5) is 18.6. The molecule has 0 bridgehead atoms. The second-order valence-corrected chi connectivity index (χ2v) is 3.14. The number of fused-ring (bicyclic) bond motifs is 1. The molecule has 2 aromatic heterocycles. The molecule has 0 unspecified atom stereocenters. The van der Waals surface area contributed by atoms with Crippen LogP contribution in [-0.2, 0) is 11.2 Å². The Balaban J connectivity index is 2.46. The van der Waals surface area contributed by atoms with E-state index in [1.165, 1.54) is 0 Å². The molecule has 5 heteroatoms. The molecule has 0 saturated heterocycles. The van der Waals surface area contributed by atoms with Crippen LogP contribution in [0.25, 0.3) is 5.78 Å². The van der Waals surface area contributed by atoms with Gasteiger partial charge in [-0.2, -0.15) is 0 Å². The molecule has 72 valence electrons. The van der Waals surface area contributed by atoms with Gasteiger partial charge < -0.3 is 5.11 Å². The van der Waals surface area contributed by atoms with Crippen LogP contribution in [-0.4, -0.2) is 25.4 Å². The zero-order valence-electron chi connectivity index (χ0n) is 7.64. The van der Waals surface area contributed by atoms with Crippen LogP contribution in [0.5, 0.6) is 0 Å². The molecule has 5 nitrogen and oxygen atoms in total. The van der Waals surface area contributed by atoms with Crippen molar-refractivity contribution in [3.63, 3.8) is 0 Å². The number of aromatic nitrogens is 3. The zero-order chi connectivity index (χ0) is 10.1. The number of carboxylic acid groups (broad SMARTS) is 1. The second kappa shape index (κ2) is 3.10. The molecule has 2 aromatic rings. The second-order valence-electron chi connectivity index (χ2n) is 3.14. The number of nitrogens with zero attached hydrogens (tertiary/aromatic N) is 3. The number of imidazole rings is 1.